The molecule has 5 heteroatoms. The molecule has 0 unspecified atom stereocenters. The molecule has 2 N–H and O–H groups in total. The van der Waals surface area contributed by atoms with Gasteiger partial charge in [-0.15, -0.1) is 0 Å². The number of para-hydroxylation sites is 2. The number of hydrogen-bond acceptors (Lipinski definition) is 4. The summed E-state index contributed by atoms with van der Waals surface area (Å²) in [4.78, 5) is 11.4. The highest BCUT2D eigenvalue weighted by Crippen LogP contribution is 2.12. The fourth-order valence-corrected chi connectivity index (χ4v) is 1.62. The summed E-state index contributed by atoms with van der Waals surface area (Å²) in [6.45, 7) is 0. The number of rotatable bonds is 3. The van der Waals surface area contributed by atoms with Gasteiger partial charge in [0.05, 0.1) is 17.2 Å². The van der Waals surface area contributed by atoms with Crippen LogP contribution >= 0.6 is 0 Å². The molecule has 0 amide bonds. The SMILES string of the molecule is C(=N/Nc1nc2ccccc2[nH]1)/c1ccncc1. The predicted octanol–water partition coefficient (Wildman–Crippen LogP) is 2.40. The smallest absolute Gasteiger partial charge is 0.222 e. The van der Waals surface area contributed by atoms with E-state index in [9.17, 15) is 0 Å². The Kier molecular flexibility index (Phi) is 2.71. The van der Waals surface area contributed by atoms with Crippen molar-refractivity contribution >= 4 is 23.2 Å². The Labute approximate surface area is 104 Å². The number of anilines is 1. The topological polar surface area (TPSA) is 66.0 Å². The Morgan fingerprint density at radius 1 is 1.11 bits per heavy atom. The Morgan fingerprint density at radius 2 is 1.94 bits per heavy atom. The molecule has 3 rings (SSSR count). The predicted molar refractivity (Wildman–Crippen MR) is 71.5 cm³/mol. The molecule has 3 aromatic rings. The maximum Gasteiger partial charge on any atom is 0.222 e. The molecular formula is C13H11N5. The van der Waals surface area contributed by atoms with E-state index in [1.165, 1.54) is 0 Å². The summed E-state index contributed by atoms with van der Waals surface area (Å²) in [5.74, 6) is 0.626. The van der Waals surface area contributed by atoms with Crippen molar-refractivity contribution in [1.29, 1.82) is 0 Å². The van der Waals surface area contributed by atoms with Gasteiger partial charge >= 0.3 is 0 Å². The highest BCUT2D eigenvalue weighted by Gasteiger charge is 1.98. The van der Waals surface area contributed by atoms with Crippen molar-refractivity contribution in [3.8, 4) is 0 Å². The molecular weight excluding hydrogens is 226 g/mol. The first-order valence-electron chi connectivity index (χ1n) is 5.56. The van der Waals surface area contributed by atoms with Crippen LogP contribution in [0.2, 0.25) is 0 Å². The molecule has 0 aliphatic rings. The van der Waals surface area contributed by atoms with Crippen LogP contribution in [0.1, 0.15) is 5.56 Å². The first-order chi connectivity index (χ1) is 8.92. The van der Waals surface area contributed by atoms with Crippen molar-refractivity contribution in [3.05, 3.63) is 54.4 Å². The average Bonchev–Trinajstić information content (AvgIpc) is 2.82. The quantitative estimate of drug-likeness (QED) is 0.543. The number of aromatic nitrogens is 3. The number of imidazole rings is 1. The molecule has 2 heterocycles. The summed E-state index contributed by atoms with van der Waals surface area (Å²) in [6, 6.07) is 11.6. The minimum atomic E-state index is 0.626. The van der Waals surface area contributed by atoms with Crippen LogP contribution in [0.25, 0.3) is 11.0 Å². The summed E-state index contributed by atoms with van der Waals surface area (Å²) >= 11 is 0. The van der Waals surface area contributed by atoms with Gasteiger partial charge in [-0.05, 0) is 29.8 Å². The molecule has 0 atom stereocenters. The highest BCUT2D eigenvalue weighted by molar-refractivity contribution is 5.80. The van der Waals surface area contributed by atoms with Crippen LogP contribution in [-0.4, -0.2) is 21.2 Å². The van der Waals surface area contributed by atoms with Gasteiger partial charge in [-0.3, -0.25) is 4.98 Å². The van der Waals surface area contributed by atoms with Gasteiger partial charge in [0.25, 0.3) is 0 Å². The average molecular weight is 237 g/mol. The molecule has 0 spiro atoms. The lowest BCUT2D eigenvalue weighted by atomic mass is 10.3. The van der Waals surface area contributed by atoms with Crippen molar-refractivity contribution in [3.63, 3.8) is 0 Å². The Hall–Kier alpha value is -2.69. The second-order valence-corrected chi connectivity index (χ2v) is 3.75. The van der Waals surface area contributed by atoms with E-state index >= 15 is 0 Å². The maximum atomic E-state index is 4.35. The van der Waals surface area contributed by atoms with Crippen molar-refractivity contribution in [2.24, 2.45) is 5.10 Å². The van der Waals surface area contributed by atoms with Gasteiger partial charge in [0.1, 0.15) is 0 Å². The molecule has 0 aliphatic heterocycles. The first kappa shape index (κ1) is 10.5. The number of benzene rings is 1. The number of fused-ring (bicyclic) bond motifs is 1. The fourth-order valence-electron chi connectivity index (χ4n) is 1.62. The summed E-state index contributed by atoms with van der Waals surface area (Å²) in [5.41, 5.74) is 5.75. The van der Waals surface area contributed by atoms with Gasteiger partial charge in [-0.25, -0.2) is 10.4 Å². The summed E-state index contributed by atoms with van der Waals surface area (Å²) in [7, 11) is 0. The van der Waals surface area contributed by atoms with Crippen molar-refractivity contribution in [2.75, 3.05) is 5.43 Å². The zero-order valence-corrected chi connectivity index (χ0v) is 9.54. The van der Waals surface area contributed by atoms with E-state index in [-0.39, 0.29) is 0 Å². The summed E-state index contributed by atoms with van der Waals surface area (Å²) in [5, 5.41) is 4.11. The van der Waals surface area contributed by atoms with Crippen LogP contribution in [0.3, 0.4) is 0 Å². The first-order valence-corrected chi connectivity index (χ1v) is 5.56. The van der Waals surface area contributed by atoms with Crippen LogP contribution < -0.4 is 5.43 Å². The minimum Gasteiger partial charge on any atom is -0.323 e. The largest absolute Gasteiger partial charge is 0.323 e. The van der Waals surface area contributed by atoms with Crippen LogP contribution in [0.15, 0.2) is 53.9 Å². The van der Waals surface area contributed by atoms with E-state index in [1.54, 1.807) is 18.6 Å². The molecule has 0 saturated heterocycles. The molecule has 2 aromatic heterocycles. The van der Waals surface area contributed by atoms with Gasteiger partial charge in [0, 0.05) is 12.4 Å². The zero-order chi connectivity index (χ0) is 12.2. The molecule has 0 saturated carbocycles. The zero-order valence-electron chi connectivity index (χ0n) is 9.54. The van der Waals surface area contributed by atoms with Gasteiger partial charge < -0.3 is 4.98 Å². The van der Waals surface area contributed by atoms with Crippen molar-refractivity contribution in [1.82, 2.24) is 15.0 Å². The lowest BCUT2D eigenvalue weighted by molar-refractivity contribution is 1.21. The summed E-state index contributed by atoms with van der Waals surface area (Å²) < 4.78 is 0. The summed E-state index contributed by atoms with van der Waals surface area (Å²) in [6.07, 6.45) is 5.17. The normalized spacial score (nSPS) is 11.1. The Bertz CT molecular complexity index is 639. The van der Waals surface area contributed by atoms with E-state index in [2.05, 4.69) is 25.5 Å². The molecule has 5 nitrogen and oxygen atoms in total. The monoisotopic (exact) mass is 237 g/mol. The molecule has 1 aromatic carbocycles. The van der Waals surface area contributed by atoms with E-state index in [0.29, 0.717) is 5.95 Å². The number of H-pyrrole nitrogens is 1. The van der Waals surface area contributed by atoms with Crippen LogP contribution in [0.5, 0.6) is 0 Å². The van der Waals surface area contributed by atoms with E-state index in [0.717, 1.165) is 16.6 Å². The fraction of sp³-hybridized carbons (Fsp3) is 0. The third-order valence-corrected chi connectivity index (χ3v) is 2.48. The van der Waals surface area contributed by atoms with Gasteiger partial charge in [0.15, 0.2) is 0 Å². The Morgan fingerprint density at radius 3 is 2.78 bits per heavy atom. The lowest BCUT2D eigenvalue weighted by Gasteiger charge is -1.93. The van der Waals surface area contributed by atoms with Crippen molar-refractivity contribution in [2.45, 2.75) is 0 Å². The standard InChI is InChI=1S/C13H11N5/c1-2-4-12-11(3-1)16-13(17-12)18-15-9-10-5-7-14-8-6-10/h1-9H,(H2,16,17,18)/b15-9-. The highest BCUT2D eigenvalue weighted by atomic mass is 15.3. The molecule has 0 radical (unpaired) electrons. The Balaban J connectivity index is 1.75. The third kappa shape index (κ3) is 2.20. The number of hydrazone groups is 1. The molecule has 0 aliphatic carbocycles. The molecule has 0 bridgehead atoms. The van der Waals surface area contributed by atoms with Crippen LogP contribution in [0, 0.1) is 0 Å². The number of pyridine rings is 1. The minimum absolute atomic E-state index is 0.626. The third-order valence-electron chi connectivity index (χ3n) is 2.48. The maximum absolute atomic E-state index is 4.35. The molecule has 0 fully saturated rings. The van der Waals surface area contributed by atoms with E-state index in [1.807, 2.05) is 36.4 Å². The molecule has 18 heavy (non-hydrogen) atoms. The lowest BCUT2D eigenvalue weighted by Crippen LogP contribution is -1.92. The second kappa shape index (κ2) is 4.67. The van der Waals surface area contributed by atoms with E-state index < -0.39 is 0 Å². The number of aromatic amines is 1. The number of hydrogen-bond donors (Lipinski definition) is 2. The van der Waals surface area contributed by atoms with Gasteiger partial charge in [0.2, 0.25) is 5.95 Å². The van der Waals surface area contributed by atoms with Gasteiger partial charge in [-0.1, -0.05) is 12.1 Å². The molecule has 88 valence electrons. The number of nitrogens with zero attached hydrogens (tertiary/aromatic N) is 3. The van der Waals surface area contributed by atoms with E-state index in [4.69, 9.17) is 0 Å². The second-order valence-electron chi connectivity index (χ2n) is 3.75. The van der Waals surface area contributed by atoms with Crippen LogP contribution in [0.4, 0.5) is 5.95 Å². The van der Waals surface area contributed by atoms with Crippen molar-refractivity contribution < 1.29 is 0 Å². The number of nitrogens with one attached hydrogen (secondary N) is 2. The van der Waals surface area contributed by atoms with Gasteiger partial charge in [-0.2, -0.15) is 5.10 Å². The van der Waals surface area contributed by atoms with Crippen LogP contribution in [-0.2, 0) is 0 Å².